The Morgan fingerprint density at radius 3 is 2.52 bits per heavy atom. The van der Waals surface area contributed by atoms with Crippen LogP contribution in [0.15, 0.2) is 67.0 Å². The molecule has 1 unspecified atom stereocenters. The molecular formula is C17H18N4. The maximum Gasteiger partial charge on any atom is 0.0926 e. The molecule has 0 radical (unpaired) electrons. The summed E-state index contributed by atoms with van der Waals surface area (Å²) in [6.07, 6.45) is 3.65. The van der Waals surface area contributed by atoms with E-state index >= 15 is 0 Å². The molecule has 1 aromatic carbocycles. The van der Waals surface area contributed by atoms with Crippen LogP contribution in [0.4, 0.5) is 0 Å². The first-order chi connectivity index (χ1) is 10.4. The molecule has 3 rings (SSSR count). The van der Waals surface area contributed by atoms with Gasteiger partial charge >= 0.3 is 0 Å². The van der Waals surface area contributed by atoms with Crippen molar-refractivity contribution < 1.29 is 0 Å². The van der Waals surface area contributed by atoms with E-state index in [0.29, 0.717) is 0 Å². The minimum absolute atomic E-state index is 0.0268. The van der Waals surface area contributed by atoms with Crippen LogP contribution < -0.4 is 5.32 Å². The topological polar surface area (TPSA) is 42.7 Å². The van der Waals surface area contributed by atoms with Crippen molar-refractivity contribution >= 4 is 0 Å². The van der Waals surface area contributed by atoms with E-state index in [1.165, 1.54) is 0 Å². The molecule has 0 spiro atoms. The van der Waals surface area contributed by atoms with Gasteiger partial charge in [-0.15, -0.1) is 0 Å². The van der Waals surface area contributed by atoms with Crippen molar-refractivity contribution in [3.05, 3.63) is 78.4 Å². The molecule has 0 saturated carbocycles. The predicted octanol–water partition coefficient (Wildman–Crippen LogP) is 2.97. The molecule has 1 atom stereocenters. The molecule has 4 heteroatoms. The first-order valence-corrected chi connectivity index (χ1v) is 7.14. The highest BCUT2D eigenvalue weighted by Gasteiger charge is 2.19. The molecule has 0 aliphatic heterocycles. The van der Waals surface area contributed by atoms with Gasteiger partial charge in [-0.25, -0.2) is 4.68 Å². The molecule has 2 aromatic heterocycles. The average molecular weight is 278 g/mol. The van der Waals surface area contributed by atoms with Crippen molar-refractivity contribution in [3.63, 3.8) is 0 Å². The van der Waals surface area contributed by atoms with Crippen LogP contribution >= 0.6 is 0 Å². The molecule has 0 amide bonds. The second-order valence-corrected chi connectivity index (χ2v) is 4.75. The smallest absolute Gasteiger partial charge is 0.0926 e. The Morgan fingerprint density at radius 2 is 1.81 bits per heavy atom. The van der Waals surface area contributed by atoms with Gasteiger partial charge in [0, 0.05) is 12.4 Å². The summed E-state index contributed by atoms with van der Waals surface area (Å²) in [6.45, 7) is 2.96. The number of rotatable bonds is 5. The highest BCUT2D eigenvalue weighted by Crippen LogP contribution is 2.22. The van der Waals surface area contributed by atoms with Crippen LogP contribution in [0.5, 0.6) is 0 Å². The molecular weight excluding hydrogens is 260 g/mol. The Bertz CT molecular complexity index is 676. The van der Waals surface area contributed by atoms with Crippen LogP contribution in [0.25, 0.3) is 5.69 Å². The maximum absolute atomic E-state index is 4.48. The lowest BCUT2D eigenvalue weighted by Crippen LogP contribution is -2.25. The largest absolute Gasteiger partial charge is 0.304 e. The number of hydrogen-bond donors (Lipinski definition) is 1. The third-order valence-corrected chi connectivity index (χ3v) is 3.36. The van der Waals surface area contributed by atoms with Gasteiger partial charge in [-0.05, 0) is 36.9 Å². The van der Waals surface area contributed by atoms with Crippen molar-refractivity contribution in [2.24, 2.45) is 0 Å². The minimum Gasteiger partial charge on any atom is -0.304 e. The van der Waals surface area contributed by atoms with E-state index < -0.39 is 0 Å². The zero-order valence-corrected chi connectivity index (χ0v) is 12.0. The summed E-state index contributed by atoms with van der Waals surface area (Å²) in [6, 6.07) is 18.2. The molecule has 0 aliphatic carbocycles. The summed E-state index contributed by atoms with van der Waals surface area (Å²) < 4.78 is 1.96. The lowest BCUT2D eigenvalue weighted by atomic mass is 10.1. The van der Waals surface area contributed by atoms with Crippen LogP contribution in [0.2, 0.25) is 0 Å². The monoisotopic (exact) mass is 278 g/mol. The molecule has 2 heterocycles. The van der Waals surface area contributed by atoms with Crippen LogP contribution in [0.1, 0.15) is 24.4 Å². The average Bonchev–Trinajstić information content (AvgIpc) is 3.03. The van der Waals surface area contributed by atoms with Gasteiger partial charge in [0.15, 0.2) is 0 Å². The minimum atomic E-state index is 0.0268. The van der Waals surface area contributed by atoms with E-state index in [-0.39, 0.29) is 6.04 Å². The van der Waals surface area contributed by atoms with Crippen molar-refractivity contribution in [3.8, 4) is 5.69 Å². The molecule has 0 saturated heterocycles. The molecule has 0 bridgehead atoms. The molecule has 106 valence electrons. The highest BCUT2D eigenvalue weighted by atomic mass is 15.3. The summed E-state index contributed by atoms with van der Waals surface area (Å²) in [4.78, 5) is 4.48. The third-order valence-electron chi connectivity index (χ3n) is 3.36. The maximum atomic E-state index is 4.48. The number of para-hydroxylation sites is 1. The van der Waals surface area contributed by atoms with Gasteiger partial charge in [-0.3, -0.25) is 4.98 Å². The Hall–Kier alpha value is -2.46. The zero-order chi connectivity index (χ0) is 14.5. The van der Waals surface area contributed by atoms with E-state index in [1.807, 2.05) is 59.5 Å². The highest BCUT2D eigenvalue weighted by molar-refractivity contribution is 5.35. The summed E-state index contributed by atoms with van der Waals surface area (Å²) in [7, 11) is 0. The number of aromatic nitrogens is 3. The van der Waals surface area contributed by atoms with E-state index in [0.717, 1.165) is 23.6 Å². The van der Waals surface area contributed by atoms with E-state index in [2.05, 4.69) is 34.5 Å². The van der Waals surface area contributed by atoms with Gasteiger partial charge in [0.05, 0.1) is 23.1 Å². The fraction of sp³-hybridized carbons (Fsp3) is 0.176. The number of nitrogens with zero attached hydrogens (tertiary/aromatic N) is 3. The van der Waals surface area contributed by atoms with Crippen LogP contribution in [-0.4, -0.2) is 21.3 Å². The van der Waals surface area contributed by atoms with Crippen molar-refractivity contribution in [1.82, 2.24) is 20.1 Å². The van der Waals surface area contributed by atoms with Gasteiger partial charge in [-0.1, -0.05) is 31.2 Å². The molecule has 3 aromatic rings. The van der Waals surface area contributed by atoms with E-state index in [1.54, 1.807) is 0 Å². The first-order valence-electron chi connectivity index (χ1n) is 7.14. The fourth-order valence-corrected chi connectivity index (χ4v) is 2.43. The molecule has 21 heavy (non-hydrogen) atoms. The lowest BCUT2D eigenvalue weighted by Gasteiger charge is -2.19. The summed E-state index contributed by atoms with van der Waals surface area (Å²) >= 11 is 0. The second kappa shape index (κ2) is 6.33. The third kappa shape index (κ3) is 2.85. The van der Waals surface area contributed by atoms with Gasteiger partial charge in [0.1, 0.15) is 0 Å². The Balaban J connectivity index is 2.04. The summed E-state index contributed by atoms with van der Waals surface area (Å²) in [5, 5.41) is 7.95. The van der Waals surface area contributed by atoms with Gasteiger partial charge in [0.25, 0.3) is 0 Å². The molecule has 4 nitrogen and oxygen atoms in total. The molecule has 0 aliphatic rings. The van der Waals surface area contributed by atoms with Crippen LogP contribution in [0.3, 0.4) is 0 Å². The van der Waals surface area contributed by atoms with E-state index in [9.17, 15) is 0 Å². The van der Waals surface area contributed by atoms with Gasteiger partial charge < -0.3 is 5.32 Å². The van der Waals surface area contributed by atoms with E-state index in [4.69, 9.17) is 0 Å². The SMILES string of the molecule is CCNC(c1ccccn1)c1ccnn1-c1ccccc1. The van der Waals surface area contributed by atoms with Gasteiger partial charge in [-0.2, -0.15) is 5.10 Å². The number of nitrogens with one attached hydrogen (secondary N) is 1. The zero-order valence-electron chi connectivity index (χ0n) is 12.0. The standard InChI is InChI=1S/C17H18N4/c1-2-18-17(15-10-6-7-12-19-15)16-11-13-20-21(16)14-8-4-3-5-9-14/h3-13,17-18H,2H2,1H3. The van der Waals surface area contributed by atoms with Crippen molar-refractivity contribution in [1.29, 1.82) is 0 Å². The normalized spacial score (nSPS) is 12.2. The summed E-state index contributed by atoms with van der Waals surface area (Å²) in [5.41, 5.74) is 3.13. The quantitative estimate of drug-likeness (QED) is 0.780. The number of pyridine rings is 1. The van der Waals surface area contributed by atoms with Gasteiger partial charge in [0.2, 0.25) is 0 Å². The molecule has 0 fully saturated rings. The Morgan fingerprint density at radius 1 is 1.00 bits per heavy atom. The Kier molecular flexibility index (Phi) is 4.07. The van der Waals surface area contributed by atoms with Crippen molar-refractivity contribution in [2.75, 3.05) is 6.54 Å². The van der Waals surface area contributed by atoms with Crippen LogP contribution in [-0.2, 0) is 0 Å². The lowest BCUT2D eigenvalue weighted by molar-refractivity contribution is 0.581. The Labute approximate surface area is 124 Å². The van der Waals surface area contributed by atoms with Crippen molar-refractivity contribution in [2.45, 2.75) is 13.0 Å². The molecule has 1 N–H and O–H groups in total. The fourth-order valence-electron chi connectivity index (χ4n) is 2.43. The number of benzene rings is 1. The predicted molar refractivity (Wildman–Crippen MR) is 83.3 cm³/mol. The first kappa shape index (κ1) is 13.5. The van der Waals surface area contributed by atoms with Crippen LogP contribution in [0, 0.1) is 0 Å². The number of hydrogen-bond acceptors (Lipinski definition) is 3. The second-order valence-electron chi connectivity index (χ2n) is 4.75. The summed E-state index contributed by atoms with van der Waals surface area (Å²) in [5.74, 6) is 0.